The molecule has 0 atom stereocenters. The molecule has 0 aliphatic carbocycles. The summed E-state index contributed by atoms with van der Waals surface area (Å²) in [4.78, 5) is 33.2. The molecular formula is C28H22Cl2N4O6S2. The number of nitrogens with zero attached hydrogens (tertiary/aromatic N) is 2. The number of hydrogen-bond acceptors (Lipinski definition) is 7. The number of halogens is 2. The average Bonchev–Trinajstić information content (AvgIpc) is 3.21. The summed E-state index contributed by atoms with van der Waals surface area (Å²) in [5.41, 5.74) is 1.07. The highest BCUT2D eigenvalue weighted by molar-refractivity contribution is 7.90. The molecule has 0 aliphatic heterocycles. The van der Waals surface area contributed by atoms with Crippen LogP contribution in [0.1, 0.15) is 21.6 Å². The van der Waals surface area contributed by atoms with Crippen molar-refractivity contribution in [1.29, 1.82) is 0 Å². The van der Waals surface area contributed by atoms with Crippen molar-refractivity contribution in [2.45, 2.75) is 17.2 Å². The van der Waals surface area contributed by atoms with Gasteiger partial charge >= 0.3 is 0 Å². The normalized spacial score (nSPS) is 12.0. The second-order valence-corrected chi connectivity index (χ2v) is 14.2. The van der Waals surface area contributed by atoms with E-state index in [2.05, 4.69) is 14.7 Å². The largest absolute Gasteiger partial charge is 0.331 e. The lowest BCUT2D eigenvalue weighted by atomic mass is 10.0. The molecule has 5 rings (SSSR count). The van der Waals surface area contributed by atoms with Crippen LogP contribution in [0.4, 0.5) is 0 Å². The predicted molar refractivity (Wildman–Crippen MR) is 161 cm³/mol. The number of aromatic nitrogens is 3. The molecule has 0 saturated carbocycles. The van der Waals surface area contributed by atoms with Crippen molar-refractivity contribution in [2.24, 2.45) is 0 Å². The Morgan fingerprint density at radius 3 is 2.48 bits per heavy atom. The summed E-state index contributed by atoms with van der Waals surface area (Å²) in [5.74, 6) is -1.40. The number of carbonyl (C=O) groups is 1. The number of nitrogens with one attached hydrogen (secondary N) is 2. The summed E-state index contributed by atoms with van der Waals surface area (Å²) in [6.07, 6.45) is 3.96. The maximum absolute atomic E-state index is 14.0. The molecule has 5 aromatic rings. The molecule has 0 spiro atoms. The van der Waals surface area contributed by atoms with Crippen molar-refractivity contribution >= 4 is 59.9 Å². The first-order chi connectivity index (χ1) is 19.8. The highest BCUT2D eigenvalue weighted by Crippen LogP contribution is 2.36. The number of benzene rings is 2. The molecule has 0 unspecified atom stereocenters. The van der Waals surface area contributed by atoms with E-state index in [1.54, 1.807) is 41.0 Å². The smallest absolute Gasteiger partial charge is 0.282 e. The van der Waals surface area contributed by atoms with E-state index in [0.29, 0.717) is 21.5 Å². The Bertz CT molecular complexity index is 2140. The fraction of sp³-hybridized carbons (Fsp3) is 0.107. The van der Waals surface area contributed by atoms with Crippen LogP contribution in [0.25, 0.3) is 22.0 Å². The Labute approximate surface area is 250 Å². The van der Waals surface area contributed by atoms with E-state index < -0.39 is 31.3 Å². The minimum atomic E-state index is -4.49. The fourth-order valence-electron chi connectivity index (χ4n) is 4.68. The number of aromatic amines is 1. The number of fused-ring (bicyclic) bond motifs is 1. The molecule has 0 aliphatic rings. The first-order valence-electron chi connectivity index (χ1n) is 12.3. The first-order valence-corrected chi connectivity index (χ1v) is 16.6. The van der Waals surface area contributed by atoms with Crippen molar-refractivity contribution in [3.63, 3.8) is 0 Å². The number of sulfonamides is 1. The van der Waals surface area contributed by atoms with E-state index in [4.69, 9.17) is 23.2 Å². The number of carbonyl (C=O) groups excluding carboxylic acids is 1. The molecule has 2 aromatic carbocycles. The van der Waals surface area contributed by atoms with Gasteiger partial charge in [0.25, 0.3) is 21.5 Å². The van der Waals surface area contributed by atoms with Crippen LogP contribution in [0.5, 0.6) is 0 Å². The Kier molecular flexibility index (Phi) is 7.99. The van der Waals surface area contributed by atoms with Crippen LogP contribution in [0.3, 0.4) is 0 Å². The number of hydrogen-bond donors (Lipinski definition) is 2. The summed E-state index contributed by atoms with van der Waals surface area (Å²) in [5, 5.41) is 0.994. The second-order valence-electron chi connectivity index (χ2n) is 9.52. The number of rotatable bonds is 8. The summed E-state index contributed by atoms with van der Waals surface area (Å²) in [6.45, 7) is 0.0672. The Morgan fingerprint density at radius 2 is 1.76 bits per heavy atom. The first kappa shape index (κ1) is 29.5. The standard InChI is InChI=1S/C28H22Cl2N4O6S2/c1-41(37,38)16-18-4-2-5-20(12-18)42(39,40)33-28(36)26-25(21-6-3-10-32-27(21)35)22-14-19(29)7-8-23(22)34(26)15-17-9-11-31-24(30)13-17/h2-14H,15-16H2,1H3,(H,32,35)(H,33,36). The molecule has 42 heavy (non-hydrogen) atoms. The monoisotopic (exact) mass is 644 g/mol. The number of sulfone groups is 1. The van der Waals surface area contributed by atoms with Crippen molar-refractivity contribution in [3.05, 3.63) is 116 Å². The summed E-state index contributed by atoms with van der Waals surface area (Å²) >= 11 is 12.4. The van der Waals surface area contributed by atoms with Gasteiger partial charge in [0.1, 0.15) is 10.8 Å². The van der Waals surface area contributed by atoms with E-state index >= 15 is 0 Å². The third kappa shape index (κ3) is 6.26. The van der Waals surface area contributed by atoms with Crippen LogP contribution in [-0.2, 0) is 32.2 Å². The topological polar surface area (TPSA) is 148 Å². The molecule has 0 saturated heterocycles. The van der Waals surface area contributed by atoms with Gasteiger partial charge in [-0.1, -0.05) is 35.3 Å². The molecular weight excluding hydrogens is 623 g/mol. The average molecular weight is 646 g/mol. The lowest BCUT2D eigenvalue weighted by Crippen LogP contribution is -2.33. The predicted octanol–water partition coefficient (Wildman–Crippen LogP) is 4.41. The Hall–Kier alpha value is -3.97. The third-order valence-electron chi connectivity index (χ3n) is 6.32. The highest BCUT2D eigenvalue weighted by atomic mass is 35.5. The second kappa shape index (κ2) is 11.4. The van der Waals surface area contributed by atoms with Gasteiger partial charge in [-0.2, -0.15) is 0 Å². The number of H-pyrrole nitrogens is 1. The van der Waals surface area contributed by atoms with Crippen LogP contribution in [0, 0.1) is 0 Å². The van der Waals surface area contributed by atoms with E-state index in [1.807, 2.05) is 0 Å². The van der Waals surface area contributed by atoms with Crippen LogP contribution < -0.4 is 10.3 Å². The van der Waals surface area contributed by atoms with E-state index in [9.17, 15) is 26.4 Å². The van der Waals surface area contributed by atoms with Crippen LogP contribution in [-0.4, -0.2) is 43.5 Å². The van der Waals surface area contributed by atoms with Crippen molar-refractivity contribution in [3.8, 4) is 11.1 Å². The van der Waals surface area contributed by atoms with E-state index in [-0.39, 0.29) is 44.7 Å². The van der Waals surface area contributed by atoms with Gasteiger partial charge in [-0.25, -0.2) is 26.5 Å². The van der Waals surface area contributed by atoms with Crippen molar-refractivity contribution in [2.75, 3.05) is 6.26 Å². The maximum Gasteiger partial charge on any atom is 0.282 e. The SMILES string of the molecule is CS(=O)(=O)Cc1cccc(S(=O)(=O)NC(=O)c2c(-c3ccc[nH]c3=O)c3cc(Cl)ccc3n2Cc2ccnc(Cl)c2)c1. The highest BCUT2D eigenvalue weighted by Gasteiger charge is 2.29. The Morgan fingerprint density at radius 1 is 0.976 bits per heavy atom. The fourth-order valence-corrected chi connectivity index (χ4v) is 6.85. The zero-order chi connectivity index (χ0) is 30.2. The van der Waals surface area contributed by atoms with Crippen LogP contribution in [0.2, 0.25) is 10.2 Å². The molecule has 1 amide bonds. The summed E-state index contributed by atoms with van der Waals surface area (Å²) in [7, 11) is -7.93. The van der Waals surface area contributed by atoms with E-state index in [0.717, 1.165) is 6.26 Å². The molecule has 3 aromatic heterocycles. The quantitative estimate of drug-likeness (QED) is 0.238. The number of pyridine rings is 2. The van der Waals surface area contributed by atoms with Crippen molar-refractivity contribution < 1.29 is 21.6 Å². The van der Waals surface area contributed by atoms with Crippen LogP contribution >= 0.6 is 23.2 Å². The molecule has 0 fully saturated rings. The van der Waals surface area contributed by atoms with E-state index in [1.165, 1.54) is 42.7 Å². The van der Waals surface area contributed by atoms with Gasteiger partial charge in [0.15, 0.2) is 9.84 Å². The molecule has 0 bridgehead atoms. The zero-order valence-electron chi connectivity index (χ0n) is 21.8. The van der Waals surface area contributed by atoms with Gasteiger partial charge in [0, 0.05) is 52.2 Å². The van der Waals surface area contributed by atoms with Gasteiger partial charge in [-0.05, 0) is 65.7 Å². The minimum absolute atomic E-state index is 0.0672. The number of amides is 1. The maximum atomic E-state index is 14.0. The van der Waals surface area contributed by atoms with Gasteiger partial charge in [-0.3, -0.25) is 9.59 Å². The minimum Gasteiger partial charge on any atom is -0.331 e. The van der Waals surface area contributed by atoms with Gasteiger partial charge < -0.3 is 9.55 Å². The summed E-state index contributed by atoms with van der Waals surface area (Å²) in [6, 6.07) is 16.6. The molecule has 0 radical (unpaired) electrons. The Balaban J connectivity index is 1.71. The lowest BCUT2D eigenvalue weighted by molar-refractivity contribution is 0.0974. The molecule has 2 N–H and O–H groups in total. The summed E-state index contributed by atoms with van der Waals surface area (Å²) < 4.78 is 54.1. The molecule has 10 nitrogen and oxygen atoms in total. The van der Waals surface area contributed by atoms with Gasteiger partial charge in [0.2, 0.25) is 0 Å². The molecule has 14 heteroatoms. The van der Waals surface area contributed by atoms with Crippen LogP contribution in [0.15, 0.2) is 88.8 Å². The molecule has 216 valence electrons. The third-order valence-corrected chi connectivity index (χ3v) is 8.95. The zero-order valence-corrected chi connectivity index (χ0v) is 25.0. The molecule has 3 heterocycles. The van der Waals surface area contributed by atoms with Crippen molar-refractivity contribution in [1.82, 2.24) is 19.3 Å². The lowest BCUT2D eigenvalue weighted by Gasteiger charge is -2.14. The van der Waals surface area contributed by atoms with Gasteiger partial charge in [0.05, 0.1) is 10.6 Å². The van der Waals surface area contributed by atoms with Gasteiger partial charge in [-0.15, -0.1) is 0 Å².